The molecule has 2 aromatic rings. The Morgan fingerprint density at radius 3 is 2.83 bits per heavy atom. The third-order valence-corrected chi connectivity index (χ3v) is 3.71. The van der Waals surface area contributed by atoms with E-state index in [-0.39, 0.29) is 17.2 Å². The summed E-state index contributed by atoms with van der Waals surface area (Å²) >= 11 is 6.67. The maximum Gasteiger partial charge on any atom is 0.293 e. The van der Waals surface area contributed by atoms with Gasteiger partial charge in [-0.25, -0.2) is 0 Å². The lowest BCUT2D eigenvalue weighted by atomic mass is 10.2. The van der Waals surface area contributed by atoms with Crippen molar-refractivity contribution >= 4 is 45.4 Å². The molecule has 0 fully saturated rings. The van der Waals surface area contributed by atoms with E-state index in [4.69, 9.17) is 11.6 Å². The summed E-state index contributed by atoms with van der Waals surface area (Å²) in [5, 5.41) is 20.8. The first kappa shape index (κ1) is 17.0. The number of alkyl halides is 1. The third-order valence-electron chi connectivity index (χ3n) is 2.67. The van der Waals surface area contributed by atoms with E-state index in [1.807, 2.05) is 0 Å². The average molecular weight is 355 g/mol. The Hall–Kier alpha value is -2.39. The van der Waals surface area contributed by atoms with E-state index in [2.05, 4.69) is 15.5 Å². The number of anilines is 1. The van der Waals surface area contributed by atoms with Crippen molar-refractivity contribution in [3.05, 3.63) is 34.4 Å². The molecule has 0 bridgehead atoms. The smallest absolute Gasteiger partial charge is 0.293 e. The van der Waals surface area contributed by atoms with Crippen molar-refractivity contribution in [3.63, 3.8) is 0 Å². The third kappa shape index (κ3) is 4.54. The summed E-state index contributed by atoms with van der Waals surface area (Å²) in [6, 6.07) is 5.88. The predicted octanol–water partition coefficient (Wildman–Crippen LogP) is 2.64. The number of aromatic nitrogens is 2. The van der Waals surface area contributed by atoms with Gasteiger partial charge in [0.15, 0.2) is 0 Å². The number of ketones is 1. The lowest BCUT2D eigenvalue weighted by Gasteiger charge is -2.01. The van der Waals surface area contributed by atoms with Crippen molar-refractivity contribution in [3.8, 4) is 10.6 Å². The minimum absolute atomic E-state index is 0.0745. The monoisotopic (exact) mass is 354 g/mol. The van der Waals surface area contributed by atoms with Crippen LogP contribution in [-0.4, -0.2) is 32.2 Å². The molecule has 8 nitrogen and oxygen atoms in total. The highest BCUT2D eigenvalue weighted by atomic mass is 35.5. The van der Waals surface area contributed by atoms with Crippen molar-refractivity contribution < 1.29 is 14.5 Å². The molecule has 1 aromatic carbocycles. The van der Waals surface area contributed by atoms with E-state index in [0.717, 1.165) is 11.3 Å². The van der Waals surface area contributed by atoms with Crippen LogP contribution in [0.1, 0.15) is 13.3 Å². The van der Waals surface area contributed by atoms with Crippen LogP contribution in [0.15, 0.2) is 24.3 Å². The van der Waals surface area contributed by atoms with Gasteiger partial charge in [-0.1, -0.05) is 23.5 Å². The molecule has 1 atom stereocenters. The summed E-state index contributed by atoms with van der Waals surface area (Å²) < 4.78 is 0. The molecule has 0 aliphatic rings. The molecule has 1 heterocycles. The Labute approximate surface area is 139 Å². The molecule has 0 saturated carbocycles. The van der Waals surface area contributed by atoms with Gasteiger partial charge < -0.3 is 0 Å². The highest BCUT2D eigenvalue weighted by molar-refractivity contribution is 7.18. The summed E-state index contributed by atoms with van der Waals surface area (Å²) in [6.45, 7) is 1.61. The van der Waals surface area contributed by atoms with Gasteiger partial charge >= 0.3 is 0 Å². The van der Waals surface area contributed by atoms with Gasteiger partial charge in [0.1, 0.15) is 5.01 Å². The van der Waals surface area contributed by atoms with Crippen molar-refractivity contribution in [1.82, 2.24) is 10.2 Å². The normalized spacial score (nSPS) is 11.7. The second-order valence-electron chi connectivity index (χ2n) is 4.58. The number of rotatable bonds is 6. The van der Waals surface area contributed by atoms with Gasteiger partial charge in [-0.05, 0) is 6.92 Å². The number of hydrogen-bond donors (Lipinski definition) is 1. The van der Waals surface area contributed by atoms with E-state index in [0.29, 0.717) is 10.6 Å². The van der Waals surface area contributed by atoms with Gasteiger partial charge in [-0.15, -0.1) is 21.8 Å². The van der Waals surface area contributed by atoms with E-state index in [1.165, 1.54) is 18.2 Å². The molecule has 23 heavy (non-hydrogen) atoms. The first-order valence-electron chi connectivity index (χ1n) is 6.43. The topological polar surface area (TPSA) is 115 Å². The van der Waals surface area contributed by atoms with Crippen LogP contribution in [0, 0.1) is 10.1 Å². The molecule has 1 amide bonds. The summed E-state index contributed by atoms with van der Waals surface area (Å²) in [7, 11) is 0. The molecule has 1 N–H and O–H groups in total. The Balaban J connectivity index is 2.12. The number of amides is 1. The zero-order valence-electron chi connectivity index (χ0n) is 11.9. The van der Waals surface area contributed by atoms with E-state index >= 15 is 0 Å². The largest absolute Gasteiger partial charge is 0.294 e. The van der Waals surface area contributed by atoms with E-state index < -0.39 is 22.0 Å². The maximum absolute atomic E-state index is 11.7. The highest BCUT2D eigenvalue weighted by Gasteiger charge is 2.18. The van der Waals surface area contributed by atoms with Crippen LogP contribution in [0.3, 0.4) is 0 Å². The zero-order valence-corrected chi connectivity index (χ0v) is 13.4. The molecule has 10 heteroatoms. The van der Waals surface area contributed by atoms with Crippen LogP contribution in [0.25, 0.3) is 10.6 Å². The molecule has 120 valence electrons. The highest BCUT2D eigenvalue weighted by Crippen LogP contribution is 2.28. The molecule has 0 aliphatic heterocycles. The predicted molar refractivity (Wildman–Crippen MR) is 85.6 cm³/mol. The summed E-state index contributed by atoms with van der Waals surface area (Å²) in [6.07, 6.45) is -0.0794. The minimum atomic E-state index is -0.820. The van der Waals surface area contributed by atoms with Gasteiger partial charge in [-0.3, -0.25) is 25.0 Å². The first-order chi connectivity index (χ1) is 10.9. The number of carbonyl (C=O) groups excluding carboxylic acids is 2. The Morgan fingerprint density at radius 2 is 2.17 bits per heavy atom. The number of nitro groups is 1. The number of hydrogen-bond acceptors (Lipinski definition) is 7. The van der Waals surface area contributed by atoms with Crippen LogP contribution in [-0.2, 0) is 9.59 Å². The number of halogens is 1. The van der Waals surface area contributed by atoms with E-state index in [9.17, 15) is 19.7 Å². The first-order valence-corrected chi connectivity index (χ1v) is 7.68. The average Bonchev–Trinajstić information content (AvgIpc) is 2.95. The molecule has 0 aliphatic carbocycles. The summed E-state index contributed by atoms with van der Waals surface area (Å²) in [5.74, 6) is -1.47. The second-order valence-corrected chi connectivity index (χ2v) is 6.30. The van der Waals surface area contributed by atoms with Crippen molar-refractivity contribution in [2.45, 2.75) is 18.7 Å². The van der Waals surface area contributed by atoms with Gasteiger partial charge in [0, 0.05) is 29.5 Å². The number of nitrogens with zero attached hydrogens (tertiary/aromatic N) is 3. The van der Waals surface area contributed by atoms with Crippen molar-refractivity contribution in [2.24, 2.45) is 0 Å². The molecule has 0 saturated heterocycles. The molecule has 0 spiro atoms. The molecule has 1 aromatic heterocycles. The number of nitrogens with one attached hydrogen (secondary N) is 1. The molecular formula is C13H11ClN4O4S. The molecule has 0 radical (unpaired) electrons. The number of benzene rings is 1. The number of nitro benzene ring substituents is 1. The maximum atomic E-state index is 11.7. The minimum Gasteiger partial charge on any atom is -0.294 e. The fourth-order valence-electron chi connectivity index (χ4n) is 1.66. The molecule has 2 rings (SSSR count). The molecule has 1 unspecified atom stereocenters. The van der Waals surface area contributed by atoms with Crippen molar-refractivity contribution in [1.29, 1.82) is 0 Å². The Morgan fingerprint density at radius 1 is 1.43 bits per heavy atom. The summed E-state index contributed by atoms with van der Waals surface area (Å²) in [4.78, 5) is 33.5. The van der Waals surface area contributed by atoms with Gasteiger partial charge in [-0.2, -0.15) is 0 Å². The number of carbonyl (C=O) groups is 2. The van der Waals surface area contributed by atoms with Crippen LogP contribution in [0.2, 0.25) is 0 Å². The van der Waals surface area contributed by atoms with Gasteiger partial charge in [0.05, 0.1) is 4.92 Å². The lowest BCUT2D eigenvalue weighted by molar-refractivity contribution is -0.384. The van der Waals surface area contributed by atoms with Crippen LogP contribution in [0.5, 0.6) is 0 Å². The zero-order chi connectivity index (χ0) is 17.0. The fraction of sp³-hybridized carbons (Fsp3) is 0.231. The van der Waals surface area contributed by atoms with Crippen LogP contribution < -0.4 is 5.32 Å². The SMILES string of the molecule is CC(Cl)CC(=O)C(=O)Nc1nnc(-c2cccc([N+](=O)[O-])c2)s1. The van der Waals surface area contributed by atoms with Crippen molar-refractivity contribution in [2.75, 3.05) is 5.32 Å². The molecular weight excluding hydrogens is 344 g/mol. The quantitative estimate of drug-likeness (QED) is 0.369. The standard InChI is InChI=1S/C13H11ClN4O4S/c1-7(14)5-10(19)11(20)15-13-17-16-12(23-13)8-3-2-4-9(6-8)18(21)22/h2-4,6-7H,5H2,1H3,(H,15,17,20). The van der Waals surface area contributed by atoms with Crippen LogP contribution in [0.4, 0.5) is 10.8 Å². The number of Topliss-reactive ketones (excluding diaryl/α,β-unsaturated/α-hetero) is 1. The Kier molecular flexibility index (Phi) is 5.35. The number of non-ortho nitro benzene ring substituents is 1. The summed E-state index contributed by atoms with van der Waals surface area (Å²) in [5.41, 5.74) is 0.424. The lowest BCUT2D eigenvalue weighted by Crippen LogP contribution is -2.24. The van der Waals surface area contributed by atoms with Gasteiger partial charge in [0.2, 0.25) is 10.9 Å². The van der Waals surface area contributed by atoms with Crippen LogP contribution >= 0.6 is 22.9 Å². The Bertz CT molecular complexity index is 762. The van der Waals surface area contributed by atoms with E-state index in [1.54, 1.807) is 13.0 Å². The second kappa shape index (κ2) is 7.25. The van der Waals surface area contributed by atoms with Gasteiger partial charge in [0.25, 0.3) is 11.6 Å². The fourth-order valence-corrected chi connectivity index (χ4v) is 2.53.